The van der Waals surface area contributed by atoms with Crippen molar-refractivity contribution in [2.24, 2.45) is 0 Å². The number of allylic oxidation sites excluding steroid dienone is 2. The molecule has 0 N–H and O–H groups in total. The smallest absolute Gasteiger partial charge is 0.139 e. The van der Waals surface area contributed by atoms with Gasteiger partial charge < -0.3 is 0 Å². The second kappa shape index (κ2) is 8.97. The van der Waals surface area contributed by atoms with Crippen LogP contribution in [-0.2, 0) is 0 Å². The van der Waals surface area contributed by atoms with Crippen LogP contribution >= 0.6 is 7.26 Å². The first kappa shape index (κ1) is 20.7. The summed E-state index contributed by atoms with van der Waals surface area (Å²) in [5.41, 5.74) is 0. The lowest BCUT2D eigenvalue weighted by Gasteiger charge is -2.32. The van der Waals surface area contributed by atoms with Crippen LogP contribution in [0.15, 0.2) is 102 Å². The maximum Gasteiger partial charge on any atom is 0.139 e. The van der Waals surface area contributed by atoms with E-state index in [0.29, 0.717) is 0 Å². The van der Waals surface area contributed by atoms with Gasteiger partial charge >= 0.3 is 0 Å². The Morgan fingerprint density at radius 3 is 1.07 bits per heavy atom. The molecular weight excluding hydrogens is 395 g/mol. The normalized spacial score (nSPS) is 13.6. The molecule has 0 radical (unpaired) electrons. The van der Waals surface area contributed by atoms with Gasteiger partial charge in [-0.15, -0.1) is 10.2 Å². The molecule has 0 saturated heterocycles. The fraction of sp³-hybridized carbons (Fsp3) is 0.0909. The Balaban J connectivity index is 0.000000403. The van der Waals surface area contributed by atoms with E-state index in [1.165, 1.54) is 28.8 Å². The average molecular weight is 415 g/mol. The molecule has 28 heavy (non-hydrogen) atoms. The Morgan fingerprint density at radius 1 is 0.571 bits per heavy atom. The van der Waals surface area contributed by atoms with Crippen molar-refractivity contribution < 1.29 is 28.9 Å². The van der Waals surface area contributed by atoms with Crippen LogP contribution in [0.5, 0.6) is 0 Å². The third-order valence-electron chi connectivity index (χ3n) is 4.64. The number of hydrogen-bond donors (Lipinski definition) is 0. The second-order valence-corrected chi connectivity index (χ2v) is 10.5. The van der Waals surface area contributed by atoms with E-state index in [4.69, 9.17) is 18.6 Å². The molecule has 0 heterocycles. The minimum Gasteiger partial charge on any atom is -0.222 e. The Morgan fingerprint density at radius 2 is 0.857 bits per heavy atom. The predicted molar refractivity (Wildman–Crippen MR) is 102 cm³/mol. The van der Waals surface area contributed by atoms with E-state index in [1.54, 1.807) is 5.31 Å². The third kappa shape index (κ3) is 4.68. The van der Waals surface area contributed by atoms with Gasteiger partial charge in [-0.05, 0) is 48.9 Å². The lowest BCUT2D eigenvalue weighted by atomic mass is 10.1. The molecule has 0 amide bonds. The first-order valence-electron chi connectivity index (χ1n) is 8.79. The summed E-state index contributed by atoms with van der Waals surface area (Å²) in [4.78, 5) is 0. The maximum absolute atomic E-state index is 8.49. The van der Waals surface area contributed by atoms with Gasteiger partial charge in [-0.2, -0.15) is 0 Å². The Kier molecular flexibility index (Phi) is 6.63. The fourth-order valence-corrected chi connectivity index (χ4v) is 8.09. The average Bonchev–Trinajstić information content (AvgIpc) is 2.65. The summed E-state index contributed by atoms with van der Waals surface area (Å²) in [6, 6.07) is 33.3. The zero-order valence-electron chi connectivity index (χ0n) is 15.1. The van der Waals surface area contributed by atoms with Gasteiger partial charge in [-0.3, -0.25) is 0 Å². The van der Waals surface area contributed by atoms with Crippen LogP contribution in [0.1, 0.15) is 12.8 Å². The van der Waals surface area contributed by atoms with Gasteiger partial charge in [0.05, 0.1) is 5.31 Å². The topological polar surface area (TPSA) is 92.2 Å². The van der Waals surface area contributed by atoms with Gasteiger partial charge in [0.25, 0.3) is 0 Å². The summed E-state index contributed by atoms with van der Waals surface area (Å²) in [6.45, 7) is 0. The molecule has 3 aromatic rings. The molecular formula is C22H20ClO4P. The third-order valence-corrected chi connectivity index (χ3v) is 9.13. The minimum absolute atomic E-state index is 1.21. The lowest BCUT2D eigenvalue weighted by Crippen LogP contribution is -2.68. The highest BCUT2D eigenvalue weighted by molar-refractivity contribution is 7.99. The summed E-state index contributed by atoms with van der Waals surface area (Å²) < 4.78 is 34.0. The molecule has 1 aliphatic rings. The van der Waals surface area contributed by atoms with Crippen LogP contribution in [0.2, 0.25) is 0 Å². The van der Waals surface area contributed by atoms with E-state index >= 15 is 0 Å². The molecule has 0 unspecified atom stereocenters. The predicted octanol–water partition coefficient (Wildman–Crippen LogP) is -0.0978. The van der Waals surface area contributed by atoms with E-state index < -0.39 is 17.5 Å². The molecule has 0 bridgehead atoms. The van der Waals surface area contributed by atoms with Crippen molar-refractivity contribution in [3.63, 3.8) is 0 Å². The van der Waals surface area contributed by atoms with Gasteiger partial charge in [-0.1, -0.05) is 54.6 Å². The van der Waals surface area contributed by atoms with Gasteiger partial charge in [-0.25, -0.2) is 18.6 Å². The standard InChI is InChI=1S/C22H20P.ClHO4/c1-4-11-19(12-5-1)23(22-17-10-18-22,20-13-6-2-7-14-20)21-15-8-3-9-16-21;2-1(3,4)5/h1-9,11-17H,10,18H2;(H,2,3,4,5)/q+1;/p-1. The van der Waals surface area contributed by atoms with Crippen molar-refractivity contribution in [2.75, 3.05) is 0 Å². The first-order valence-corrected chi connectivity index (χ1v) is 11.8. The molecule has 4 nitrogen and oxygen atoms in total. The molecule has 1 aliphatic carbocycles. The molecule has 0 spiro atoms. The van der Waals surface area contributed by atoms with Gasteiger partial charge in [0.15, 0.2) is 0 Å². The van der Waals surface area contributed by atoms with Crippen molar-refractivity contribution in [3.05, 3.63) is 102 Å². The van der Waals surface area contributed by atoms with Crippen molar-refractivity contribution in [1.82, 2.24) is 0 Å². The van der Waals surface area contributed by atoms with Gasteiger partial charge in [0.2, 0.25) is 0 Å². The molecule has 0 fully saturated rings. The van der Waals surface area contributed by atoms with Crippen molar-refractivity contribution in [2.45, 2.75) is 12.8 Å². The summed E-state index contributed by atoms with van der Waals surface area (Å²) in [5.74, 6) is 0. The summed E-state index contributed by atoms with van der Waals surface area (Å²) >= 11 is 0. The van der Waals surface area contributed by atoms with Crippen LogP contribution in [0.25, 0.3) is 0 Å². The lowest BCUT2D eigenvalue weighted by molar-refractivity contribution is -2.00. The number of hydrogen-bond acceptors (Lipinski definition) is 4. The zero-order chi connectivity index (χ0) is 20.0. The highest BCUT2D eigenvalue weighted by atomic mass is 35.7. The summed E-state index contributed by atoms with van der Waals surface area (Å²) in [7, 11) is -6.64. The highest BCUT2D eigenvalue weighted by Gasteiger charge is 2.50. The zero-order valence-corrected chi connectivity index (χ0v) is 16.8. The van der Waals surface area contributed by atoms with E-state index in [0.717, 1.165) is 0 Å². The Labute approximate surface area is 167 Å². The van der Waals surface area contributed by atoms with E-state index in [2.05, 4.69) is 97.1 Å². The number of rotatable bonds is 4. The first-order chi connectivity index (χ1) is 13.4. The molecule has 3 aromatic carbocycles. The molecule has 0 saturated carbocycles. The van der Waals surface area contributed by atoms with Crippen LogP contribution < -0.4 is 34.5 Å². The summed E-state index contributed by atoms with van der Waals surface area (Å²) in [6.07, 6.45) is 4.89. The largest absolute Gasteiger partial charge is 0.222 e. The Bertz CT molecular complexity index is 807. The van der Waals surface area contributed by atoms with E-state index in [1.807, 2.05) is 0 Å². The van der Waals surface area contributed by atoms with Crippen LogP contribution in [0.3, 0.4) is 0 Å². The summed E-state index contributed by atoms with van der Waals surface area (Å²) in [5, 5.41) is 6.01. The molecule has 0 aromatic heterocycles. The van der Waals surface area contributed by atoms with Crippen molar-refractivity contribution in [3.8, 4) is 0 Å². The molecule has 144 valence electrons. The van der Waals surface area contributed by atoms with Crippen LogP contribution in [0, 0.1) is 10.2 Å². The molecule has 0 atom stereocenters. The van der Waals surface area contributed by atoms with Crippen molar-refractivity contribution >= 4 is 23.2 Å². The maximum atomic E-state index is 8.49. The molecule has 0 aliphatic heterocycles. The van der Waals surface area contributed by atoms with E-state index in [9.17, 15) is 0 Å². The van der Waals surface area contributed by atoms with E-state index in [-0.39, 0.29) is 0 Å². The fourth-order valence-electron chi connectivity index (χ4n) is 3.48. The highest BCUT2D eigenvalue weighted by Crippen LogP contribution is 2.65. The molecule has 4 rings (SSSR count). The van der Waals surface area contributed by atoms with Crippen LogP contribution in [0.4, 0.5) is 0 Å². The Hall–Kier alpha value is -2.04. The monoisotopic (exact) mass is 414 g/mol. The van der Waals surface area contributed by atoms with Gasteiger partial charge in [0, 0.05) is 6.42 Å². The minimum atomic E-state index is -4.94. The van der Waals surface area contributed by atoms with Crippen LogP contribution in [-0.4, -0.2) is 0 Å². The molecule has 6 heteroatoms. The van der Waals surface area contributed by atoms with Crippen molar-refractivity contribution in [1.29, 1.82) is 0 Å². The number of benzene rings is 3. The second-order valence-electron chi connectivity index (χ2n) is 6.29. The SMILES string of the molecule is C1=C([P+](c2ccccc2)(c2ccccc2)c2ccccc2)CC1.[O-][Cl+3]([O-])([O-])[O-]. The number of halogens is 1. The quantitative estimate of drug-likeness (QED) is 0.557. The van der Waals surface area contributed by atoms with Gasteiger partial charge in [0.1, 0.15) is 23.2 Å².